The Morgan fingerprint density at radius 2 is 1.79 bits per heavy atom. The van der Waals surface area contributed by atoms with E-state index in [4.69, 9.17) is 5.73 Å². The number of ketones is 1. The molecule has 0 saturated carbocycles. The number of unbranched alkanes of at least 4 members (excludes halogenated alkanes) is 2. The van der Waals surface area contributed by atoms with Crippen molar-refractivity contribution in [3.8, 4) is 0 Å². The summed E-state index contributed by atoms with van der Waals surface area (Å²) >= 11 is 0. The van der Waals surface area contributed by atoms with Crippen molar-refractivity contribution in [3.05, 3.63) is 71.7 Å². The van der Waals surface area contributed by atoms with Crippen LogP contribution >= 0.6 is 0 Å². The van der Waals surface area contributed by atoms with Crippen molar-refractivity contribution in [2.75, 3.05) is 5.73 Å². The first-order chi connectivity index (χ1) is 13.8. The van der Waals surface area contributed by atoms with E-state index in [1.165, 1.54) is 32.0 Å². The maximum absolute atomic E-state index is 14.3. The molecule has 0 fully saturated rings. The molecule has 1 aliphatic rings. The number of rotatable bonds is 7. The zero-order valence-electron chi connectivity index (χ0n) is 17.9. The monoisotopic (exact) mass is 402 g/mol. The number of carbonyl (C=O) groups is 1. The summed E-state index contributed by atoms with van der Waals surface area (Å²) in [5.74, 6) is -1.53. The summed E-state index contributed by atoms with van der Waals surface area (Å²) in [5, 5.41) is 0. The smallest absolute Gasteiger partial charge is 0.157 e. The van der Waals surface area contributed by atoms with Gasteiger partial charge in [-0.25, -0.2) is 8.78 Å². The predicted octanol–water partition coefficient (Wildman–Crippen LogP) is 6.74. The molecule has 0 spiro atoms. The van der Waals surface area contributed by atoms with Crippen molar-refractivity contribution in [2.45, 2.75) is 59.8 Å². The van der Waals surface area contributed by atoms with E-state index in [0.29, 0.717) is 23.3 Å². The Bertz CT molecular complexity index is 820. The molecule has 0 radical (unpaired) electrons. The molecular weight excluding hydrogens is 370 g/mol. The van der Waals surface area contributed by atoms with Crippen LogP contribution in [0.4, 0.5) is 14.5 Å². The van der Waals surface area contributed by atoms with Crippen LogP contribution in [0.3, 0.4) is 0 Å². The zero-order valence-corrected chi connectivity index (χ0v) is 17.9. The minimum Gasteiger partial charge on any atom is -0.396 e. The van der Waals surface area contributed by atoms with E-state index in [2.05, 4.69) is 20.4 Å². The summed E-state index contributed by atoms with van der Waals surface area (Å²) in [6.45, 7) is 11.7. The van der Waals surface area contributed by atoms with E-state index in [1.807, 2.05) is 6.92 Å². The number of nitrogens with zero attached hydrogens (tertiary/aromatic N) is 1. The van der Waals surface area contributed by atoms with Crippen molar-refractivity contribution in [1.82, 2.24) is 4.90 Å². The molecule has 0 aromatic heterocycles. The fourth-order valence-corrected chi connectivity index (χ4v) is 2.74. The Balaban J connectivity index is 0.000000960. The van der Waals surface area contributed by atoms with Crippen molar-refractivity contribution >= 4 is 17.0 Å². The van der Waals surface area contributed by atoms with Crippen LogP contribution in [0.15, 0.2) is 54.5 Å². The van der Waals surface area contributed by atoms with Gasteiger partial charge in [-0.05, 0) is 38.0 Å². The van der Waals surface area contributed by atoms with E-state index in [-0.39, 0.29) is 17.0 Å². The van der Waals surface area contributed by atoms with Gasteiger partial charge in [0.25, 0.3) is 0 Å². The highest BCUT2D eigenvalue weighted by atomic mass is 19.1. The van der Waals surface area contributed by atoms with Crippen LogP contribution in [0.1, 0.15) is 65.4 Å². The largest absolute Gasteiger partial charge is 0.396 e. The average Bonchev–Trinajstić information content (AvgIpc) is 2.71. The second-order valence-electron chi connectivity index (χ2n) is 6.86. The SMILES string of the molecule is C=CN1C=C(c2c(F)ccc(N)c2F)C=C/C1=C(/CCCC)C(C)=O.CCCC. The molecule has 1 heterocycles. The summed E-state index contributed by atoms with van der Waals surface area (Å²) in [5.41, 5.74) is 6.90. The zero-order chi connectivity index (χ0) is 22.0. The van der Waals surface area contributed by atoms with Crippen molar-refractivity contribution in [2.24, 2.45) is 0 Å². The second-order valence-corrected chi connectivity index (χ2v) is 6.86. The number of carbonyl (C=O) groups excluding carboxylic acids is 1. The van der Waals surface area contributed by atoms with E-state index in [9.17, 15) is 13.6 Å². The van der Waals surface area contributed by atoms with E-state index in [1.54, 1.807) is 23.3 Å². The summed E-state index contributed by atoms with van der Waals surface area (Å²) in [6.07, 6.45) is 11.5. The maximum atomic E-state index is 14.3. The van der Waals surface area contributed by atoms with Gasteiger partial charge in [0.1, 0.15) is 5.82 Å². The second kappa shape index (κ2) is 12.0. The third-order valence-electron chi connectivity index (χ3n) is 4.60. The third kappa shape index (κ3) is 6.41. The summed E-state index contributed by atoms with van der Waals surface area (Å²) in [7, 11) is 0. The van der Waals surface area contributed by atoms with Crippen LogP contribution in [0.25, 0.3) is 5.57 Å². The number of allylic oxidation sites excluding steroid dienone is 4. The molecular formula is C24H32F2N2O. The van der Waals surface area contributed by atoms with Crippen molar-refractivity contribution in [3.63, 3.8) is 0 Å². The molecule has 0 unspecified atom stereocenters. The summed E-state index contributed by atoms with van der Waals surface area (Å²) in [4.78, 5) is 13.6. The molecule has 1 aromatic carbocycles. The first-order valence-electron chi connectivity index (χ1n) is 10.1. The molecule has 29 heavy (non-hydrogen) atoms. The predicted molar refractivity (Wildman–Crippen MR) is 118 cm³/mol. The van der Waals surface area contributed by atoms with Crippen molar-refractivity contribution in [1.29, 1.82) is 0 Å². The Morgan fingerprint density at radius 1 is 1.14 bits per heavy atom. The fourth-order valence-electron chi connectivity index (χ4n) is 2.74. The van der Waals surface area contributed by atoms with Gasteiger partial charge in [-0.2, -0.15) is 0 Å². The van der Waals surface area contributed by atoms with Gasteiger partial charge in [0, 0.05) is 23.5 Å². The van der Waals surface area contributed by atoms with Gasteiger partial charge in [0.05, 0.1) is 16.9 Å². The van der Waals surface area contributed by atoms with Crippen LogP contribution < -0.4 is 5.73 Å². The van der Waals surface area contributed by atoms with E-state index in [0.717, 1.165) is 18.9 Å². The highest BCUT2D eigenvalue weighted by molar-refractivity contribution is 5.95. The van der Waals surface area contributed by atoms with E-state index >= 15 is 0 Å². The number of hydrogen-bond donors (Lipinski definition) is 1. The first-order valence-corrected chi connectivity index (χ1v) is 10.1. The quantitative estimate of drug-likeness (QED) is 0.406. The lowest BCUT2D eigenvalue weighted by Crippen LogP contribution is -2.17. The molecule has 1 aliphatic heterocycles. The number of Topliss-reactive ketones (excluding diaryl/α,β-unsaturated/α-hetero) is 1. The molecule has 0 amide bonds. The van der Waals surface area contributed by atoms with Gasteiger partial charge in [-0.3, -0.25) is 4.79 Å². The highest BCUT2D eigenvalue weighted by Crippen LogP contribution is 2.32. The molecule has 2 rings (SSSR count). The van der Waals surface area contributed by atoms with Gasteiger partial charge < -0.3 is 10.6 Å². The molecule has 0 atom stereocenters. The van der Waals surface area contributed by atoms with Crippen LogP contribution in [-0.4, -0.2) is 10.7 Å². The molecule has 5 heteroatoms. The fraction of sp³-hybridized carbons (Fsp3) is 0.375. The summed E-state index contributed by atoms with van der Waals surface area (Å²) in [6, 6.07) is 2.32. The lowest BCUT2D eigenvalue weighted by atomic mass is 9.97. The van der Waals surface area contributed by atoms with Crippen LogP contribution in [0.2, 0.25) is 0 Å². The minimum absolute atomic E-state index is 0.0295. The van der Waals surface area contributed by atoms with Crippen LogP contribution in [0.5, 0.6) is 0 Å². The molecule has 1 aromatic rings. The van der Waals surface area contributed by atoms with Gasteiger partial charge >= 0.3 is 0 Å². The molecule has 158 valence electrons. The lowest BCUT2D eigenvalue weighted by molar-refractivity contribution is -0.113. The number of nitrogen functional groups attached to an aromatic ring is 1. The number of anilines is 1. The molecule has 0 saturated heterocycles. The topological polar surface area (TPSA) is 46.3 Å². The van der Waals surface area contributed by atoms with Crippen molar-refractivity contribution < 1.29 is 13.6 Å². The van der Waals surface area contributed by atoms with Crippen LogP contribution in [0, 0.1) is 11.6 Å². The lowest BCUT2D eigenvalue weighted by Gasteiger charge is -2.25. The van der Waals surface area contributed by atoms with Gasteiger partial charge in [0.2, 0.25) is 0 Å². The number of halogens is 2. The van der Waals surface area contributed by atoms with Crippen LogP contribution in [-0.2, 0) is 4.79 Å². The average molecular weight is 403 g/mol. The van der Waals surface area contributed by atoms with Gasteiger partial charge in [0.15, 0.2) is 11.6 Å². The first kappa shape index (κ1) is 24.3. The Hall–Kier alpha value is -2.69. The third-order valence-corrected chi connectivity index (χ3v) is 4.60. The molecule has 0 bridgehead atoms. The Labute approximate surface area is 173 Å². The number of nitrogens with two attached hydrogens (primary N) is 1. The summed E-state index contributed by atoms with van der Waals surface area (Å²) < 4.78 is 28.4. The Morgan fingerprint density at radius 3 is 2.31 bits per heavy atom. The number of benzene rings is 1. The van der Waals surface area contributed by atoms with Gasteiger partial charge in [-0.1, -0.05) is 52.7 Å². The normalized spacial score (nSPS) is 14.7. The molecule has 0 aliphatic carbocycles. The highest BCUT2D eigenvalue weighted by Gasteiger charge is 2.21. The van der Waals surface area contributed by atoms with Gasteiger partial charge in [-0.15, -0.1) is 0 Å². The Kier molecular flexibility index (Phi) is 10.1. The number of hydrogen-bond acceptors (Lipinski definition) is 3. The van der Waals surface area contributed by atoms with E-state index < -0.39 is 11.6 Å². The standard InChI is InChI=1S/C20H22F2N2O.C4H10/c1-4-6-7-15(13(3)25)18-11-8-14(12-24(18)5-2)19-16(21)9-10-17(23)20(19)22;1-3-4-2/h5,8-12H,2,4,6-7,23H2,1,3H3;3-4H2,1-2H3/b18-15+;. The minimum atomic E-state index is -0.801. The molecule has 2 N–H and O–H groups in total. The molecule has 3 nitrogen and oxygen atoms in total. The maximum Gasteiger partial charge on any atom is 0.157 e.